The van der Waals surface area contributed by atoms with Crippen molar-refractivity contribution >= 4 is 39.4 Å². The highest BCUT2D eigenvalue weighted by Crippen LogP contribution is 2.22. The lowest BCUT2D eigenvalue weighted by Gasteiger charge is -2.08. The Balaban J connectivity index is 1.63. The molecule has 0 fully saturated rings. The maximum atomic E-state index is 12.6. The van der Waals surface area contributed by atoms with Gasteiger partial charge in [-0.1, -0.05) is 42.1 Å². The fraction of sp³-hybridized carbons (Fsp3) is 0.105. The number of Topliss-reactive ketones (excluding diaryl/α,β-unsaturated/α-hetero) is 1. The normalized spacial score (nSPS) is 11.2. The molecule has 1 N–H and O–H groups in total. The van der Waals surface area contributed by atoms with Crippen LogP contribution < -0.4 is 5.56 Å². The number of para-hydroxylation sites is 2. The molecule has 0 amide bonds. The summed E-state index contributed by atoms with van der Waals surface area (Å²) in [6, 6.07) is 14.9. The van der Waals surface area contributed by atoms with Gasteiger partial charge >= 0.3 is 0 Å². The van der Waals surface area contributed by atoms with Crippen LogP contribution in [0.5, 0.6) is 0 Å². The van der Waals surface area contributed by atoms with Crippen molar-refractivity contribution in [1.29, 1.82) is 0 Å². The van der Waals surface area contributed by atoms with Gasteiger partial charge in [-0.25, -0.2) is 4.98 Å². The molecule has 2 heterocycles. The molecular weight excluding hydrogens is 334 g/mol. The second-order valence-electron chi connectivity index (χ2n) is 5.74. The van der Waals surface area contributed by atoms with Gasteiger partial charge in [-0.15, -0.1) is 0 Å². The Morgan fingerprint density at radius 3 is 2.68 bits per heavy atom. The Kier molecular flexibility index (Phi) is 3.89. The molecule has 0 radical (unpaired) electrons. The molecule has 25 heavy (non-hydrogen) atoms. The lowest BCUT2D eigenvalue weighted by molar-refractivity contribution is 0.102. The molecular formula is C19H15N3O2S. The Morgan fingerprint density at radius 2 is 1.84 bits per heavy atom. The first kappa shape index (κ1) is 15.7. The van der Waals surface area contributed by atoms with Crippen molar-refractivity contribution in [2.45, 2.75) is 5.16 Å². The van der Waals surface area contributed by atoms with E-state index >= 15 is 0 Å². The SMILES string of the molecule is Cn1c(SCC(=O)c2c[nH]c3ccccc23)nc2ccccc2c1=O. The van der Waals surface area contributed by atoms with Crippen molar-refractivity contribution < 1.29 is 4.79 Å². The number of fused-ring (bicyclic) bond motifs is 2. The van der Waals surface area contributed by atoms with E-state index in [1.54, 1.807) is 19.3 Å². The molecule has 0 saturated heterocycles. The Hall–Kier alpha value is -2.86. The molecule has 0 aliphatic rings. The molecule has 0 saturated carbocycles. The summed E-state index contributed by atoms with van der Waals surface area (Å²) in [5.74, 6) is 0.227. The van der Waals surface area contributed by atoms with E-state index in [2.05, 4.69) is 9.97 Å². The fourth-order valence-electron chi connectivity index (χ4n) is 2.84. The maximum Gasteiger partial charge on any atom is 0.261 e. The number of ketones is 1. The molecule has 0 atom stereocenters. The summed E-state index contributed by atoms with van der Waals surface area (Å²) in [5, 5.41) is 2.03. The molecule has 124 valence electrons. The number of nitrogens with one attached hydrogen (secondary N) is 1. The van der Waals surface area contributed by atoms with E-state index in [0.29, 0.717) is 21.6 Å². The first-order chi connectivity index (χ1) is 12.1. The monoisotopic (exact) mass is 349 g/mol. The largest absolute Gasteiger partial charge is 0.360 e. The third kappa shape index (κ3) is 2.74. The summed E-state index contributed by atoms with van der Waals surface area (Å²) in [6.45, 7) is 0. The van der Waals surface area contributed by atoms with Crippen LogP contribution in [0.1, 0.15) is 10.4 Å². The number of benzene rings is 2. The zero-order valence-electron chi connectivity index (χ0n) is 13.5. The third-order valence-corrected chi connectivity index (χ3v) is 5.19. The van der Waals surface area contributed by atoms with Gasteiger partial charge in [0.2, 0.25) is 0 Å². The van der Waals surface area contributed by atoms with Crippen LogP contribution in [-0.2, 0) is 7.05 Å². The van der Waals surface area contributed by atoms with E-state index in [9.17, 15) is 9.59 Å². The molecule has 4 rings (SSSR count). The average Bonchev–Trinajstić information content (AvgIpc) is 3.07. The molecule has 2 aromatic heterocycles. The number of H-pyrrole nitrogens is 1. The van der Waals surface area contributed by atoms with E-state index in [0.717, 1.165) is 10.9 Å². The van der Waals surface area contributed by atoms with Gasteiger partial charge in [0.05, 0.1) is 16.7 Å². The number of aromatic nitrogens is 3. The number of carbonyl (C=O) groups excluding carboxylic acids is 1. The van der Waals surface area contributed by atoms with Crippen molar-refractivity contribution in [3.05, 3.63) is 70.6 Å². The van der Waals surface area contributed by atoms with E-state index < -0.39 is 0 Å². The zero-order valence-corrected chi connectivity index (χ0v) is 14.3. The molecule has 0 unspecified atom stereocenters. The molecule has 0 aliphatic carbocycles. The van der Waals surface area contributed by atoms with Gasteiger partial charge in [0.1, 0.15) is 0 Å². The third-order valence-electron chi connectivity index (χ3n) is 4.16. The van der Waals surface area contributed by atoms with E-state index in [4.69, 9.17) is 0 Å². The Morgan fingerprint density at radius 1 is 1.12 bits per heavy atom. The second kappa shape index (κ2) is 6.22. The number of rotatable bonds is 4. The van der Waals surface area contributed by atoms with Gasteiger partial charge in [-0.05, 0) is 18.2 Å². The van der Waals surface area contributed by atoms with Gasteiger partial charge < -0.3 is 4.98 Å². The van der Waals surface area contributed by atoms with E-state index in [1.807, 2.05) is 42.5 Å². The molecule has 0 aliphatic heterocycles. The summed E-state index contributed by atoms with van der Waals surface area (Å²) in [7, 11) is 1.68. The minimum atomic E-state index is -0.104. The van der Waals surface area contributed by atoms with Gasteiger partial charge in [0.15, 0.2) is 10.9 Å². The maximum absolute atomic E-state index is 12.6. The minimum Gasteiger partial charge on any atom is -0.360 e. The van der Waals surface area contributed by atoms with Gasteiger partial charge in [0.25, 0.3) is 5.56 Å². The summed E-state index contributed by atoms with van der Waals surface area (Å²) < 4.78 is 1.50. The summed E-state index contributed by atoms with van der Waals surface area (Å²) in [4.78, 5) is 32.6. The summed E-state index contributed by atoms with van der Waals surface area (Å²) in [5.41, 5.74) is 2.14. The number of aromatic amines is 1. The van der Waals surface area contributed by atoms with Crippen LogP contribution in [-0.4, -0.2) is 26.1 Å². The smallest absolute Gasteiger partial charge is 0.261 e. The lowest BCUT2D eigenvalue weighted by Crippen LogP contribution is -2.20. The molecule has 2 aromatic carbocycles. The zero-order chi connectivity index (χ0) is 17.4. The summed E-state index contributed by atoms with van der Waals surface area (Å²) >= 11 is 1.28. The predicted octanol–water partition coefficient (Wildman–Crippen LogP) is 3.39. The number of hydrogen-bond acceptors (Lipinski definition) is 4. The van der Waals surface area contributed by atoms with Crippen LogP contribution in [0.3, 0.4) is 0 Å². The highest BCUT2D eigenvalue weighted by atomic mass is 32.2. The van der Waals surface area contributed by atoms with Crippen LogP contribution in [0.2, 0.25) is 0 Å². The van der Waals surface area contributed by atoms with E-state index in [-0.39, 0.29) is 17.1 Å². The van der Waals surface area contributed by atoms with Crippen LogP contribution in [0.25, 0.3) is 21.8 Å². The highest BCUT2D eigenvalue weighted by molar-refractivity contribution is 7.99. The predicted molar refractivity (Wildman–Crippen MR) is 100 cm³/mol. The average molecular weight is 349 g/mol. The standard InChI is InChI=1S/C19H15N3O2S/c1-22-18(24)13-7-3-5-9-16(13)21-19(22)25-11-17(23)14-10-20-15-8-4-2-6-12(14)15/h2-10,20H,11H2,1H3. The Bertz CT molecular complexity index is 1160. The number of carbonyl (C=O) groups is 1. The quantitative estimate of drug-likeness (QED) is 0.348. The van der Waals surface area contributed by atoms with Crippen molar-refractivity contribution in [3.8, 4) is 0 Å². The van der Waals surface area contributed by atoms with Crippen LogP contribution in [0.15, 0.2) is 64.7 Å². The second-order valence-corrected chi connectivity index (χ2v) is 6.68. The first-order valence-electron chi connectivity index (χ1n) is 7.83. The van der Waals surface area contributed by atoms with Crippen molar-refractivity contribution in [3.63, 3.8) is 0 Å². The topological polar surface area (TPSA) is 67.8 Å². The van der Waals surface area contributed by atoms with Crippen LogP contribution >= 0.6 is 11.8 Å². The van der Waals surface area contributed by atoms with E-state index in [1.165, 1.54) is 16.3 Å². The highest BCUT2D eigenvalue weighted by Gasteiger charge is 2.14. The van der Waals surface area contributed by atoms with Crippen LogP contribution in [0.4, 0.5) is 0 Å². The van der Waals surface area contributed by atoms with Crippen molar-refractivity contribution in [2.75, 3.05) is 5.75 Å². The van der Waals surface area contributed by atoms with Gasteiger partial charge in [0, 0.05) is 29.7 Å². The molecule has 6 heteroatoms. The molecule has 5 nitrogen and oxygen atoms in total. The molecule has 0 spiro atoms. The molecule has 0 bridgehead atoms. The number of thioether (sulfide) groups is 1. The first-order valence-corrected chi connectivity index (χ1v) is 8.81. The van der Waals surface area contributed by atoms with Crippen molar-refractivity contribution in [1.82, 2.24) is 14.5 Å². The van der Waals surface area contributed by atoms with Gasteiger partial charge in [-0.3, -0.25) is 14.2 Å². The lowest BCUT2D eigenvalue weighted by atomic mass is 10.1. The van der Waals surface area contributed by atoms with Crippen molar-refractivity contribution in [2.24, 2.45) is 7.05 Å². The fourth-order valence-corrected chi connectivity index (χ4v) is 3.69. The van der Waals surface area contributed by atoms with Gasteiger partial charge in [-0.2, -0.15) is 0 Å². The Labute approximate surface area is 147 Å². The number of nitrogens with zero attached hydrogens (tertiary/aromatic N) is 2. The minimum absolute atomic E-state index is 0.00450. The summed E-state index contributed by atoms with van der Waals surface area (Å²) in [6.07, 6.45) is 1.74. The number of hydrogen-bond donors (Lipinski definition) is 1. The molecule has 4 aromatic rings. The van der Waals surface area contributed by atoms with Crippen LogP contribution in [0, 0.1) is 0 Å².